The van der Waals surface area contributed by atoms with Crippen molar-refractivity contribution in [3.05, 3.63) is 74.7 Å². The van der Waals surface area contributed by atoms with Gasteiger partial charge in [-0.3, -0.25) is 14.9 Å². The zero-order chi connectivity index (χ0) is 19.9. The van der Waals surface area contributed by atoms with Crippen LogP contribution in [0.2, 0.25) is 0 Å². The zero-order valence-corrected chi connectivity index (χ0v) is 17.3. The normalized spacial score (nSPS) is 10.8. The van der Waals surface area contributed by atoms with Crippen LogP contribution < -0.4 is 10.7 Å². The van der Waals surface area contributed by atoms with Gasteiger partial charge in [-0.25, -0.2) is 5.43 Å². The van der Waals surface area contributed by atoms with Crippen LogP contribution >= 0.6 is 27.3 Å². The number of halogens is 1. The van der Waals surface area contributed by atoms with Gasteiger partial charge in [0.1, 0.15) is 5.01 Å². The first-order valence-corrected chi connectivity index (χ1v) is 9.88. The molecule has 0 atom stereocenters. The molecule has 28 heavy (non-hydrogen) atoms. The van der Waals surface area contributed by atoms with Gasteiger partial charge in [0.05, 0.1) is 12.6 Å². The van der Waals surface area contributed by atoms with Crippen LogP contribution in [0.3, 0.4) is 0 Å². The standard InChI is InChI=1S/C19H16BrN5O2S/c1-12-3-2-4-14(9-12)18(27)22-19-25-24-17(28-19)10-16(26)23-21-11-13-5-7-15(20)8-6-13/h2-9,11H,10H2,1H3,(H,23,26)(H,22,25,27)/b21-11-. The molecule has 0 aliphatic rings. The van der Waals surface area contributed by atoms with Gasteiger partial charge in [0, 0.05) is 10.0 Å². The molecule has 0 aliphatic carbocycles. The summed E-state index contributed by atoms with van der Waals surface area (Å²) in [5.74, 6) is -0.587. The van der Waals surface area contributed by atoms with Crippen molar-refractivity contribution in [2.75, 3.05) is 5.32 Å². The first-order chi connectivity index (χ1) is 13.5. The molecule has 0 saturated carbocycles. The monoisotopic (exact) mass is 457 g/mol. The fraction of sp³-hybridized carbons (Fsp3) is 0.105. The Labute approximate surface area is 174 Å². The van der Waals surface area contributed by atoms with Gasteiger partial charge in [-0.05, 0) is 36.8 Å². The number of carbonyl (C=O) groups excluding carboxylic acids is 2. The van der Waals surface area contributed by atoms with Gasteiger partial charge >= 0.3 is 0 Å². The summed E-state index contributed by atoms with van der Waals surface area (Å²) >= 11 is 4.50. The second-order valence-electron chi connectivity index (χ2n) is 5.85. The number of hydrazone groups is 1. The molecule has 1 heterocycles. The highest BCUT2D eigenvalue weighted by atomic mass is 79.9. The number of hydrogen-bond donors (Lipinski definition) is 2. The van der Waals surface area contributed by atoms with Gasteiger partial charge < -0.3 is 0 Å². The number of hydrogen-bond acceptors (Lipinski definition) is 6. The maximum Gasteiger partial charge on any atom is 0.257 e. The molecule has 142 valence electrons. The Hall–Kier alpha value is -2.91. The van der Waals surface area contributed by atoms with E-state index in [0.29, 0.717) is 15.7 Å². The van der Waals surface area contributed by atoms with Crippen LogP contribution in [-0.2, 0) is 11.2 Å². The molecule has 3 aromatic rings. The summed E-state index contributed by atoms with van der Waals surface area (Å²) < 4.78 is 0.968. The highest BCUT2D eigenvalue weighted by Crippen LogP contribution is 2.17. The smallest absolute Gasteiger partial charge is 0.257 e. The molecular formula is C19H16BrN5O2S. The van der Waals surface area contributed by atoms with Crippen molar-refractivity contribution in [1.29, 1.82) is 0 Å². The minimum absolute atomic E-state index is 0.0235. The molecule has 0 unspecified atom stereocenters. The van der Waals surface area contributed by atoms with E-state index in [1.807, 2.05) is 43.3 Å². The molecule has 0 bridgehead atoms. The lowest BCUT2D eigenvalue weighted by Gasteiger charge is -2.01. The third kappa shape index (κ3) is 5.80. The van der Waals surface area contributed by atoms with Crippen LogP contribution in [0.5, 0.6) is 0 Å². The van der Waals surface area contributed by atoms with Crippen molar-refractivity contribution in [2.24, 2.45) is 5.10 Å². The van der Waals surface area contributed by atoms with E-state index in [-0.39, 0.29) is 18.2 Å². The van der Waals surface area contributed by atoms with Crippen molar-refractivity contribution in [3.8, 4) is 0 Å². The summed E-state index contributed by atoms with van der Waals surface area (Å²) in [6.45, 7) is 1.91. The van der Waals surface area contributed by atoms with Crippen LogP contribution in [0.4, 0.5) is 5.13 Å². The molecule has 1 aromatic heterocycles. The Morgan fingerprint density at radius 3 is 2.71 bits per heavy atom. The summed E-state index contributed by atoms with van der Waals surface area (Å²) in [6, 6.07) is 14.7. The number of nitrogens with zero attached hydrogens (tertiary/aromatic N) is 3. The van der Waals surface area contributed by atoms with E-state index in [1.165, 1.54) is 0 Å². The lowest BCUT2D eigenvalue weighted by Crippen LogP contribution is -2.19. The molecule has 0 radical (unpaired) electrons. The molecule has 0 spiro atoms. The van der Waals surface area contributed by atoms with Crippen LogP contribution in [-0.4, -0.2) is 28.2 Å². The average Bonchev–Trinajstić information content (AvgIpc) is 3.10. The summed E-state index contributed by atoms with van der Waals surface area (Å²) in [6.07, 6.45) is 1.58. The SMILES string of the molecule is Cc1cccc(C(=O)Nc2nnc(CC(=O)N/N=C\c3ccc(Br)cc3)s2)c1. The van der Waals surface area contributed by atoms with Gasteiger partial charge in [-0.15, -0.1) is 10.2 Å². The number of amides is 2. The Morgan fingerprint density at radius 1 is 1.18 bits per heavy atom. The summed E-state index contributed by atoms with van der Waals surface area (Å²) in [5, 5.41) is 15.3. The number of aryl methyl sites for hydroxylation is 1. The largest absolute Gasteiger partial charge is 0.296 e. The molecule has 0 aliphatic heterocycles. The van der Waals surface area contributed by atoms with Crippen molar-refractivity contribution >= 4 is 50.4 Å². The maximum absolute atomic E-state index is 12.2. The Bertz CT molecular complexity index is 1020. The second-order valence-corrected chi connectivity index (χ2v) is 7.82. The lowest BCUT2D eigenvalue weighted by molar-refractivity contribution is -0.120. The fourth-order valence-corrected chi connectivity index (χ4v) is 3.23. The van der Waals surface area contributed by atoms with E-state index in [9.17, 15) is 9.59 Å². The number of aromatic nitrogens is 2. The molecule has 2 N–H and O–H groups in total. The third-order valence-electron chi connectivity index (χ3n) is 3.55. The molecule has 0 saturated heterocycles. The predicted molar refractivity (Wildman–Crippen MR) is 113 cm³/mol. The van der Waals surface area contributed by atoms with E-state index in [0.717, 1.165) is 26.9 Å². The molecule has 3 rings (SSSR count). The van der Waals surface area contributed by atoms with Crippen LogP contribution in [0.1, 0.15) is 26.5 Å². The molecule has 7 nitrogen and oxygen atoms in total. The molecule has 0 fully saturated rings. The maximum atomic E-state index is 12.2. The minimum atomic E-state index is -0.318. The lowest BCUT2D eigenvalue weighted by atomic mass is 10.1. The van der Waals surface area contributed by atoms with Gasteiger partial charge in [-0.2, -0.15) is 5.10 Å². The number of benzene rings is 2. The first-order valence-electron chi connectivity index (χ1n) is 8.27. The zero-order valence-electron chi connectivity index (χ0n) is 14.8. The number of carbonyl (C=O) groups is 2. The number of rotatable bonds is 6. The summed E-state index contributed by atoms with van der Waals surface area (Å²) in [7, 11) is 0. The van der Waals surface area contributed by atoms with Gasteiger partial charge in [-0.1, -0.05) is 57.1 Å². The quantitative estimate of drug-likeness (QED) is 0.436. The van der Waals surface area contributed by atoms with Crippen molar-refractivity contribution in [2.45, 2.75) is 13.3 Å². The van der Waals surface area contributed by atoms with Crippen molar-refractivity contribution in [1.82, 2.24) is 15.6 Å². The molecule has 2 amide bonds. The topological polar surface area (TPSA) is 96.3 Å². The summed E-state index contributed by atoms with van der Waals surface area (Å²) in [5.41, 5.74) is 4.84. The van der Waals surface area contributed by atoms with Crippen LogP contribution in [0.15, 0.2) is 58.1 Å². The van der Waals surface area contributed by atoms with Gasteiger partial charge in [0.25, 0.3) is 5.91 Å². The highest BCUT2D eigenvalue weighted by Gasteiger charge is 2.12. The Morgan fingerprint density at radius 2 is 1.96 bits per heavy atom. The Balaban J connectivity index is 1.51. The summed E-state index contributed by atoms with van der Waals surface area (Å²) in [4.78, 5) is 24.2. The van der Waals surface area contributed by atoms with Gasteiger partial charge in [0.2, 0.25) is 11.0 Å². The van der Waals surface area contributed by atoms with E-state index in [4.69, 9.17) is 0 Å². The predicted octanol–water partition coefficient (Wildman–Crippen LogP) is 3.55. The minimum Gasteiger partial charge on any atom is -0.296 e. The molecular weight excluding hydrogens is 442 g/mol. The second kappa shape index (κ2) is 9.34. The Kier molecular flexibility index (Phi) is 6.62. The fourth-order valence-electron chi connectivity index (χ4n) is 2.24. The molecule has 9 heteroatoms. The van der Waals surface area contributed by atoms with E-state index in [1.54, 1.807) is 18.3 Å². The first kappa shape index (κ1) is 19.8. The number of nitrogens with one attached hydrogen (secondary N) is 2. The van der Waals surface area contributed by atoms with Gasteiger partial charge in [0.15, 0.2) is 0 Å². The van der Waals surface area contributed by atoms with Crippen molar-refractivity contribution in [3.63, 3.8) is 0 Å². The van der Waals surface area contributed by atoms with Crippen molar-refractivity contribution < 1.29 is 9.59 Å². The van der Waals surface area contributed by atoms with Crippen LogP contribution in [0, 0.1) is 6.92 Å². The molecule has 2 aromatic carbocycles. The van der Waals surface area contributed by atoms with E-state index in [2.05, 4.69) is 42.0 Å². The highest BCUT2D eigenvalue weighted by molar-refractivity contribution is 9.10. The average molecular weight is 458 g/mol. The van der Waals surface area contributed by atoms with E-state index < -0.39 is 0 Å². The third-order valence-corrected chi connectivity index (χ3v) is 4.92. The van der Waals surface area contributed by atoms with Crippen LogP contribution in [0.25, 0.3) is 0 Å². The number of anilines is 1. The van der Waals surface area contributed by atoms with E-state index >= 15 is 0 Å².